The van der Waals surface area contributed by atoms with Crippen LogP contribution in [0.5, 0.6) is 0 Å². The Kier molecular flexibility index (Phi) is 5.00. The van der Waals surface area contributed by atoms with E-state index in [4.69, 9.17) is 9.47 Å². The summed E-state index contributed by atoms with van der Waals surface area (Å²) in [6.07, 6.45) is 2.37. The van der Waals surface area contributed by atoms with E-state index < -0.39 is 15.1 Å². The number of ether oxygens (including phenoxy) is 2. The van der Waals surface area contributed by atoms with Crippen molar-refractivity contribution in [2.24, 2.45) is 0 Å². The lowest BCUT2D eigenvalue weighted by Gasteiger charge is -2.29. The summed E-state index contributed by atoms with van der Waals surface area (Å²) in [7, 11) is -3.42. The lowest BCUT2D eigenvalue weighted by atomic mass is 10.1. The molecule has 0 saturated carbocycles. The summed E-state index contributed by atoms with van der Waals surface area (Å²) in [6, 6.07) is 5.64. The Morgan fingerprint density at radius 3 is 2.62 bits per heavy atom. The quantitative estimate of drug-likeness (QED) is 0.794. The number of anilines is 1. The molecule has 0 N–H and O–H groups in total. The molecule has 140 valence electrons. The summed E-state index contributed by atoms with van der Waals surface area (Å²) < 4.78 is 37.0. The molecular weight excluding hydrogens is 372 g/mol. The van der Waals surface area contributed by atoms with Crippen LogP contribution in [0.4, 0.5) is 5.69 Å². The average molecular weight is 395 g/mol. The van der Waals surface area contributed by atoms with Crippen molar-refractivity contribution in [2.75, 3.05) is 44.4 Å². The number of morpholine rings is 1. The molecular formula is C18H22N2O4S2. The fourth-order valence-corrected chi connectivity index (χ4v) is 5.75. The van der Waals surface area contributed by atoms with Gasteiger partial charge in [0.05, 0.1) is 39.9 Å². The molecule has 2 fully saturated rings. The van der Waals surface area contributed by atoms with Crippen LogP contribution in [0.3, 0.4) is 0 Å². The van der Waals surface area contributed by atoms with Crippen molar-refractivity contribution in [3.05, 3.63) is 29.4 Å². The Morgan fingerprint density at radius 1 is 1.15 bits per heavy atom. The normalized spacial score (nSPS) is 21.3. The molecule has 2 aliphatic rings. The maximum absolute atomic E-state index is 13.1. The van der Waals surface area contributed by atoms with Gasteiger partial charge in [0.2, 0.25) is 0 Å². The highest BCUT2D eigenvalue weighted by Crippen LogP contribution is 2.34. The van der Waals surface area contributed by atoms with Crippen molar-refractivity contribution in [3.8, 4) is 10.4 Å². The summed E-state index contributed by atoms with van der Waals surface area (Å²) in [4.78, 5) is 7.86. The molecule has 2 aromatic rings. The largest absolute Gasteiger partial charge is 0.380 e. The first-order chi connectivity index (χ1) is 12.5. The molecule has 1 aromatic carbocycles. The van der Waals surface area contributed by atoms with E-state index in [9.17, 15) is 8.42 Å². The number of hydrogen-bond acceptors (Lipinski definition) is 7. The van der Waals surface area contributed by atoms with E-state index in [1.54, 1.807) is 23.5 Å². The highest BCUT2D eigenvalue weighted by molar-refractivity contribution is 7.92. The topological polar surface area (TPSA) is 68.7 Å². The van der Waals surface area contributed by atoms with Crippen molar-refractivity contribution < 1.29 is 17.9 Å². The predicted molar refractivity (Wildman–Crippen MR) is 102 cm³/mol. The first-order valence-corrected chi connectivity index (χ1v) is 11.1. The molecule has 0 radical (unpaired) electrons. The minimum Gasteiger partial charge on any atom is -0.380 e. The van der Waals surface area contributed by atoms with Crippen molar-refractivity contribution in [1.29, 1.82) is 0 Å². The van der Waals surface area contributed by atoms with Crippen LogP contribution < -0.4 is 4.90 Å². The number of thiazole rings is 1. The Morgan fingerprint density at radius 2 is 1.96 bits per heavy atom. The second-order valence-electron chi connectivity index (χ2n) is 6.59. The third kappa shape index (κ3) is 3.51. The zero-order valence-corrected chi connectivity index (χ0v) is 16.3. The molecule has 26 heavy (non-hydrogen) atoms. The summed E-state index contributed by atoms with van der Waals surface area (Å²) in [5.41, 5.74) is 1.83. The maximum atomic E-state index is 13.1. The highest BCUT2D eigenvalue weighted by atomic mass is 32.2. The molecule has 0 spiro atoms. The molecule has 1 aromatic heterocycles. The van der Waals surface area contributed by atoms with Crippen LogP contribution in [0.25, 0.3) is 10.4 Å². The number of nitrogens with zero attached hydrogens (tertiary/aromatic N) is 2. The van der Waals surface area contributed by atoms with Crippen molar-refractivity contribution in [1.82, 2.24) is 4.98 Å². The number of benzene rings is 1. The molecule has 0 unspecified atom stereocenters. The lowest BCUT2D eigenvalue weighted by molar-refractivity contribution is 0.122. The molecule has 2 saturated heterocycles. The zero-order valence-electron chi connectivity index (χ0n) is 14.7. The van der Waals surface area contributed by atoms with Gasteiger partial charge >= 0.3 is 0 Å². The molecule has 0 bridgehead atoms. The number of sulfone groups is 1. The van der Waals surface area contributed by atoms with Crippen molar-refractivity contribution in [3.63, 3.8) is 0 Å². The minimum atomic E-state index is -3.42. The second kappa shape index (κ2) is 7.26. The van der Waals surface area contributed by atoms with Crippen LogP contribution in [-0.4, -0.2) is 58.2 Å². The van der Waals surface area contributed by atoms with Gasteiger partial charge in [-0.1, -0.05) is 0 Å². The number of aryl methyl sites for hydroxylation is 1. The molecule has 4 rings (SSSR count). The Labute approximate surface area is 157 Å². The number of hydrogen-bond donors (Lipinski definition) is 0. The van der Waals surface area contributed by atoms with Crippen LogP contribution in [0, 0.1) is 6.92 Å². The average Bonchev–Trinajstić information content (AvgIpc) is 3.34. The highest BCUT2D eigenvalue weighted by Gasteiger charge is 2.32. The molecule has 1 atom stereocenters. The van der Waals surface area contributed by atoms with E-state index in [2.05, 4.69) is 16.0 Å². The van der Waals surface area contributed by atoms with Crippen LogP contribution in [-0.2, 0) is 19.3 Å². The summed E-state index contributed by atoms with van der Waals surface area (Å²) in [6.45, 7) is 5.57. The number of rotatable bonds is 4. The monoisotopic (exact) mass is 394 g/mol. The molecule has 2 aliphatic heterocycles. The van der Waals surface area contributed by atoms with Gasteiger partial charge in [0, 0.05) is 31.6 Å². The summed E-state index contributed by atoms with van der Waals surface area (Å²) in [5, 5.41) is 0.504. The molecule has 0 aliphatic carbocycles. The Hall–Kier alpha value is -1.48. The second-order valence-corrected chi connectivity index (χ2v) is 10.1. The third-order valence-electron chi connectivity index (χ3n) is 4.83. The summed E-state index contributed by atoms with van der Waals surface area (Å²) >= 11 is 1.57. The van der Waals surface area contributed by atoms with Gasteiger partial charge < -0.3 is 14.4 Å². The SMILES string of the molecule is Cc1ncc(-c2cc(N3CCOCC3)cc(S(=O)(=O)[C@@H]3CCOC3)c2)s1. The van der Waals surface area contributed by atoms with Gasteiger partial charge in [-0.15, -0.1) is 11.3 Å². The Bertz CT molecular complexity index is 882. The van der Waals surface area contributed by atoms with Crippen LogP contribution in [0.2, 0.25) is 0 Å². The Balaban J connectivity index is 1.79. The third-order valence-corrected chi connectivity index (χ3v) is 7.93. The van der Waals surface area contributed by atoms with Gasteiger partial charge in [0.15, 0.2) is 9.84 Å². The van der Waals surface area contributed by atoms with Crippen molar-refractivity contribution >= 4 is 26.9 Å². The van der Waals surface area contributed by atoms with Gasteiger partial charge in [-0.3, -0.25) is 0 Å². The maximum Gasteiger partial charge on any atom is 0.183 e. The van der Waals surface area contributed by atoms with Crippen LogP contribution >= 0.6 is 11.3 Å². The van der Waals surface area contributed by atoms with E-state index in [-0.39, 0.29) is 6.61 Å². The van der Waals surface area contributed by atoms with Crippen molar-refractivity contribution in [2.45, 2.75) is 23.5 Å². The van der Waals surface area contributed by atoms with Gasteiger partial charge in [0.1, 0.15) is 0 Å². The predicted octanol–water partition coefficient (Wildman–Crippen LogP) is 2.52. The van der Waals surface area contributed by atoms with Gasteiger partial charge in [-0.25, -0.2) is 13.4 Å². The van der Waals surface area contributed by atoms with Gasteiger partial charge in [-0.2, -0.15) is 0 Å². The summed E-state index contributed by atoms with van der Waals surface area (Å²) in [5.74, 6) is 0. The van der Waals surface area contributed by atoms with E-state index in [0.29, 0.717) is 31.1 Å². The molecule has 8 heteroatoms. The van der Waals surface area contributed by atoms with E-state index >= 15 is 0 Å². The van der Waals surface area contributed by atoms with E-state index in [1.807, 2.05) is 13.1 Å². The fraction of sp³-hybridized carbons (Fsp3) is 0.500. The minimum absolute atomic E-state index is 0.277. The standard InChI is InChI=1S/C18H22N2O4S2/c1-13-19-11-18(25-13)14-8-15(20-3-6-23-7-4-20)10-17(9-14)26(21,22)16-2-5-24-12-16/h8-11,16H,2-7,12H2,1H3/t16-/m1/s1. The van der Waals surface area contributed by atoms with Gasteiger partial charge in [0.25, 0.3) is 0 Å². The molecule has 6 nitrogen and oxygen atoms in total. The smallest absolute Gasteiger partial charge is 0.183 e. The first kappa shape index (κ1) is 17.9. The van der Waals surface area contributed by atoms with Crippen LogP contribution in [0.1, 0.15) is 11.4 Å². The molecule has 3 heterocycles. The van der Waals surface area contributed by atoms with E-state index in [1.165, 1.54) is 0 Å². The number of aromatic nitrogens is 1. The van der Waals surface area contributed by atoms with E-state index in [0.717, 1.165) is 34.2 Å². The van der Waals surface area contributed by atoms with Gasteiger partial charge in [-0.05, 0) is 37.1 Å². The zero-order chi connectivity index (χ0) is 18.1. The molecule has 0 amide bonds. The van der Waals surface area contributed by atoms with Crippen LogP contribution in [0.15, 0.2) is 29.3 Å². The fourth-order valence-electron chi connectivity index (χ4n) is 3.34. The lowest BCUT2D eigenvalue weighted by Crippen LogP contribution is -2.36. The first-order valence-electron chi connectivity index (χ1n) is 8.76.